The van der Waals surface area contributed by atoms with Gasteiger partial charge in [0.05, 0.1) is 11.1 Å². The van der Waals surface area contributed by atoms with Crippen LogP contribution >= 0.6 is 0 Å². The van der Waals surface area contributed by atoms with Crippen molar-refractivity contribution in [2.45, 2.75) is 38.5 Å². The fourth-order valence-electron chi connectivity index (χ4n) is 2.05. The summed E-state index contributed by atoms with van der Waals surface area (Å²) in [6.45, 7) is 6.88. The largest absolute Gasteiger partial charge is 0.240 e. The SMILES string of the molecule is CC(C)(C)CCCNS(=O)(=O)c1ccc(-c2cn[nH]n2)cc1. The molecule has 1 heterocycles. The number of nitrogens with zero attached hydrogens (tertiary/aromatic N) is 2. The van der Waals surface area contributed by atoms with Crippen LogP contribution in [-0.4, -0.2) is 30.4 Å². The molecule has 1 aromatic heterocycles. The third kappa shape index (κ3) is 4.64. The van der Waals surface area contributed by atoms with E-state index in [4.69, 9.17) is 0 Å². The van der Waals surface area contributed by atoms with Crippen LogP contribution in [0.5, 0.6) is 0 Å². The summed E-state index contributed by atoms with van der Waals surface area (Å²) in [7, 11) is -3.46. The van der Waals surface area contributed by atoms with Crippen molar-refractivity contribution in [1.82, 2.24) is 20.1 Å². The highest BCUT2D eigenvalue weighted by atomic mass is 32.2. The summed E-state index contributed by atoms with van der Waals surface area (Å²) in [5, 5.41) is 10.2. The molecular formula is C15H22N4O2S. The number of benzene rings is 1. The first-order valence-electron chi connectivity index (χ1n) is 7.24. The van der Waals surface area contributed by atoms with Gasteiger partial charge in [-0.2, -0.15) is 15.4 Å². The summed E-state index contributed by atoms with van der Waals surface area (Å²) < 4.78 is 27.1. The van der Waals surface area contributed by atoms with Gasteiger partial charge in [0.15, 0.2) is 0 Å². The van der Waals surface area contributed by atoms with Gasteiger partial charge in [-0.3, -0.25) is 0 Å². The molecule has 0 atom stereocenters. The second kappa shape index (κ2) is 6.58. The van der Waals surface area contributed by atoms with Crippen molar-refractivity contribution in [2.75, 3.05) is 6.54 Å². The maximum Gasteiger partial charge on any atom is 0.240 e. The van der Waals surface area contributed by atoms with Gasteiger partial charge in [-0.15, -0.1) is 0 Å². The molecule has 0 aliphatic rings. The second-order valence-corrected chi connectivity index (χ2v) is 8.21. The third-order valence-electron chi connectivity index (χ3n) is 3.27. The Hall–Kier alpha value is -1.73. The molecule has 0 amide bonds. The van der Waals surface area contributed by atoms with E-state index in [2.05, 4.69) is 40.9 Å². The second-order valence-electron chi connectivity index (χ2n) is 6.44. The third-order valence-corrected chi connectivity index (χ3v) is 4.75. The highest BCUT2D eigenvalue weighted by molar-refractivity contribution is 7.89. The van der Waals surface area contributed by atoms with E-state index < -0.39 is 10.0 Å². The molecule has 0 aliphatic carbocycles. The van der Waals surface area contributed by atoms with E-state index in [0.29, 0.717) is 12.2 Å². The lowest BCUT2D eigenvalue weighted by Crippen LogP contribution is -2.25. The maximum absolute atomic E-state index is 12.2. The molecule has 2 rings (SSSR count). The fourth-order valence-corrected chi connectivity index (χ4v) is 3.13. The molecule has 0 saturated heterocycles. The Balaban J connectivity index is 1.98. The Morgan fingerprint density at radius 3 is 2.41 bits per heavy atom. The van der Waals surface area contributed by atoms with Crippen LogP contribution in [0.15, 0.2) is 35.4 Å². The molecule has 0 saturated carbocycles. The number of rotatable bonds is 6. The van der Waals surface area contributed by atoms with E-state index in [9.17, 15) is 8.42 Å². The zero-order valence-corrected chi connectivity index (χ0v) is 13.9. The lowest BCUT2D eigenvalue weighted by atomic mass is 9.91. The van der Waals surface area contributed by atoms with Crippen molar-refractivity contribution in [3.63, 3.8) is 0 Å². The van der Waals surface area contributed by atoms with E-state index in [1.54, 1.807) is 30.5 Å². The van der Waals surface area contributed by atoms with E-state index in [1.807, 2.05) is 0 Å². The van der Waals surface area contributed by atoms with Crippen LogP contribution in [0.1, 0.15) is 33.6 Å². The molecule has 2 N–H and O–H groups in total. The molecule has 1 aromatic carbocycles. The molecule has 22 heavy (non-hydrogen) atoms. The standard InChI is InChI=1S/C15H22N4O2S/c1-15(2,3)9-4-10-17-22(20,21)13-7-5-12(6-8-13)14-11-16-19-18-14/h5-8,11,17H,4,9-10H2,1-3H3,(H,16,18,19). The fraction of sp³-hybridized carbons (Fsp3) is 0.467. The van der Waals surface area contributed by atoms with Crippen LogP contribution in [-0.2, 0) is 10.0 Å². The summed E-state index contributed by atoms with van der Waals surface area (Å²) in [4.78, 5) is 0.260. The van der Waals surface area contributed by atoms with E-state index in [1.165, 1.54) is 0 Å². The predicted molar refractivity (Wildman–Crippen MR) is 85.7 cm³/mol. The summed E-state index contributed by atoms with van der Waals surface area (Å²) in [5.74, 6) is 0. The molecule has 7 heteroatoms. The van der Waals surface area contributed by atoms with Crippen LogP contribution in [0, 0.1) is 5.41 Å². The van der Waals surface area contributed by atoms with Crippen LogP contribution in [0.4, 0.5) is 0 Å². The van der Waals surface area contributed by atoms with Crippen LogP contribution in [0.2, 0.25) is 0 Å². The van der Waals surface area contributed by atoms with Crippen molar-refractivity contribution in [3.05, 3.63) is 30.5 Å². The number of H-pyrrole nitrogens is 1. The number of nitrogens with one attached hydrogen (secondary N) is 2. The minimum Gasteiger partial charge on any atom is -0.211 e. The highest BCUT2D eigenvalue weighted by Crippen LogP contribution is 2.21. The van der Waals surface area contributed by atoms with Gasteiger partial charge in [0.25, 0.3) is 0 Å². The van der Waals surface area contributed by atoms with Gasteiger partial charge < -0.3 is 0 Å². The van der Waals surface area contributed by atoms with Crippen LogP contribution in [0.3, 0.4) is 0 Å². The topological polar surface area (TPSA) is 87.7 Å². The van der Waals surface area contributed by atoms with Gasteiger partial charge in [0.1, 0.15) is 5.69 Å². The Bertz CT molecular complexity index is 686. The molecule has 0 radical (unpaired) electrons. The van der Waals surface area contributed by atoms with Gasteiger partial charge in [-0.25, -0.2) is 13.1 Å². The molecule has 6 nitrogen and oxygen atoms in total. The lowest BCUT2D eigenvalue weighted by Gasteiger charge is -2.17. The predicted octanol–water partition coefficient (Wildman–Crippen LogP) is 2.58. The first kappa shape index (κ1) is 16.6. The van der Waals surface area contributed by atoms with Gasteiger partial charge >= 0.3 is 0 Å². The monoisotopic (exact) mass is 322 g/mol. The Morgan fingerprint density at radius 2 is 1.86 bits per heavy atom. The van der Waals surface area contributed by atoms with Crippen molar-refractivity contribution in [2.24, 2.45) is 5.41 Å². The zero-order chi connectivity index (χ0) is 16.2. The molecule has 2 aromatic rings. The molecule has 0 fully saturated rings. The van der Waals surface area contributed by atoms with Crippen LogP contribution < -0.4 is 4.72 Å². The molecule has 0 bridgehead atoms. The smallest absolute Gasteiger partial charge is 0.211 e. The van der Waals surface area contributed by atoms with Gasteiger partial charge in [0, 0.05) is 12.1 Å². The average Bonchev–Trinajstić information content (AvgIpc) is 2.97. The van der Waals surface area contributed by atoms with E-state index in [-0.39, 0.29) is 10.3 Å². The van der Waals surface area contributed by atoms with Gasteiger partial charge in [-0.05, 0) is 30.4 Å². The van der Waals surface area contributed by atoms with Gasteiger partial charge in [-0.1, -0.05) is 32.9 Å². The van der Waals surface area contributed by atoms with Crippen molar-refractivity contribution >= 4 is 10.0 Å². The maximum atomic E-state index is 12.2. The summed E-state index contributed by atoms with van der Waals surface area (Å²) >= 11 is 0. The van der Waals surface area contributed by atoms with Gasteiger partial charge in [0.2, 0.25) is 10.0 Å². The minimum absolute atomic E-state index is 0.213. The molecule has 120 valence electrons. The normalized spacial score (nSPS) is 12.5. The first-order valence-corrected chi connectivity index (χ1v) is 8.72. The zero-order valence-electron chi connectivity index (χ0n) is 13.1. The number of aromatic amines is 1. The molecule has 0 aliphatic heterocycles. The van der Waals surface area contributed by atoms with Crippen molar-refractivity contribution in [3.8, 4) is 11.3 Å². The Labute approximate surface area is 131 Å². The Morgan fingerprint density at radius 1 is 1.18 bits per heavy atom. The van der Waals surface area contributed by atoms with E-state index >= 15 is 0 Å². The summed E-state index contributed by atoms with van der Waals surface area (Å²) in [6.07, 6.45) is 3.38. The summed E-state index contributed by atoms with van der Waals surface area (Å²) in [5.41, 5.74) is 1.72. The molecule has 0 unspecified atom stereocenters. The highest BCUT2D eigenvalue weighted by Gasteiger charge is 2.15. The quantitative estimate of drug-likeness (QED) is 0.800. The minimum atomic E-state index is -3.46. The number of hydrogen-bond acceptors (Lipinski definition) is 4. The van der Waals surface area contributed by atoms with Crippen molar-refractivity contribution < 1.29 is 8.42 Å². The average molecular weight is 322 g/mol. The van der Waals surface area contributed by atoms with E-state index in [0.717, 1.165) is 18.4 Å². The van der Waals surface area contributed by atoms with Crippen LogP contribution in [0.25, 0.3) is 11.3 Å². The number of aromatic nitrogens is 3. The lowest BCUT2D eigenvalue weighted by molar-refractivity contribution is 0.365. The van der Waals surface area contributed by atoms with Crippen molar-refractivity contribution in [1.29, 1.82) is 0 Å². The Kier molecular flexibility index (Phi) is 4.97. The number of sulfonamides is 1. The molecule has 0 spiro atoms. The molecular weight excluding hydrogens is 300 g/mol. The first-order chi connectivity index (χ1) is 10.3. The number of hydrogen-bond donors (Lipinski definition) is 2. The summed E-state index contributed by atoms with van der Waals surface area (Å²) in [6, 6.07) is 6.61.